The van der Waals surface area contributed by atoms with Gasteiger partial charge in [0.05, 0.1) is 4.92 Å². The van der Waals surface area contributed by atoms with Crippen molar-refractivity contribution in [2.45, 2.75) is 32.6 Å². The zero-order valence-electron chi connectivity index (χ0n) is 10.1. The van der Waals surface area contributed by atoms with Gasteiger partial charge in [-0.15, -0.1) is 0 Å². The molecule has 3 N–H and O–H groups in total. The second-order valence-corrected chi connectivity index (χ2v) is 4.06. The lowest BCUT2D eigenvalue weighted by Crippen LogP contribution is -2.03. The third-order valence-electron chi connectivity index (χ3n) is 2.51. The Hall–Kier alpha value is -1.78. The minimum absolute atomic E-state index is 0.0288. The summed E-state index contributed by atoms with van der Waals surface area (Å²) in [5.41, 5.74) is 6.76. The molecule has 0 heterocycles. The molecule has 1 aromatic rings. The van der Waals surface area contributed by atoms with E-state index in [-0.39, 0.29) is 5.69 Å². The van der Waals surface area contributed by atoms with Crippen molar-refractivity contribution in [2.24, 2.45) is 0 Å². The first-order valence-electron chi connectivity index (χ1n) is 5.92. The van der Waals surface area contributed by atoms with Gasteiger partial charge in [-0.2, -0.15) is 0 Å². The average Bonchev–Trinajstić information content (AvgIpc) is 2.28. The van der Waals surface area contributed by atoms with Crippen molar-refractivity contribution in [1.82, 2.24) is 0 Å². The van der Waals surface area contributed by atoms with E-state index in [4.69, 9.17) is 5.73 Å². The summed E-state index contributed by atoms with van der Waals surface area (Å²) in [5, 5.41) is 13.8. The summed E-state index contributed by atoms with van der Waals surface area (Å²) in [5.74, 6) is 0. The average molecular weight is 237 g/mol. The van der Waals surface area contributed by atoms with Gasteiger partial charge in [0.15, 0.2) is 0 Å². The fourth-order valence-corrected chi connectivity index (χ4v) is 1.63. The number of benzene rings is 1. The van der Waals surface area contributed by atoms with E-state index in [1.807, 2.05) is 0 Å². The number of non-ortho nitro benzene ring substituents is 1. The second kappa shape index (κ2) is 6.73. The van der Waals surface area contributed by atoms with Crippen LogP contribution in [-0.2, 0) is 0 Å². The number of nitro benzene ring substituents is 1. The minimum Gasteiger partial charge on any atom is -0.398 e. The Bertz CT molecular complexity index is 380. The monoisotopic (exact) mass is 237 g/mol. The second-order valence-electron chi connectivity index (χ2n) is 4.06. The molecule has 94 valence electrons. The molecule has 5 heteroatoms. The number of nitrogens with two attached hydrogens (primary N) is 1. The van der Waals surface area contributed by atoms with E-state index in [1.54, 1.807) is 6.07 Å². The van der Waals surface area contributed by atoms with Crippen LogP contribution in [0, 0.1) is 10.1 Å². The minimum atomic E-state index is -0.432. The van der Waals surface area contributed by atoms with E-state index in [2.05, 4.69) is 12.2 Å². The van der Waals surface area contributed by atoms with E-state index in [9.17, 15) is 10.1 Å². The van der Waals surface area contributed by atoms with Gasteiger partial charge in [0, 0.05) is 30.1 Å². The lowest BCUT2D eigenvalue weighted by atomic mass is 10.2. The topological polar surface area (TPSA) is 81.2 Å². The predicted octanol–water partition coefficient (Wildman–Crippen LogP) is 3.17. The molecule has 0 bridgehead atoms. The largest absolute Gasteiger partial charge is 0.398 e. The number of unbranched alkanes of at least 4 members (excludes halogenated alkanes) is 3. The third kappa shape index (κ3) is 4.72. The van der Waals surface area contributed by atoms with Crippen LogP contribution in [0.3, 0.4) is 0 Å². The zero-order chi connectivity index (χ0) is 12.7. The van der Waals surface area contributed by atoms with Gasteiger partial charge in [-0.3, -0.25) is 10.1 Å². The summed E-state index contributed by atoms with van der Waals surface area (Å²) in [4.78, 5) is 10.2. The fourth-order valence-electron chi connectivity index (χ4n) is 1.63. The molecule has 5 nitrogen and oxygen atoms in total. The summed E-state index contributed by atoms with van der Waals surface area (Å²) in [6.07, 6.45) is 4.66. The number of nitrogen functional groups attached to an aromatic ring is 1. The number of hydrogen-bond donors (Lipinski definition) is 2. The van der Waals surface area contributed by atoms with Gasteiger partial charge in [0.25, 0.3) is 5.69 Å². The van der Waals surface area contributed by atoms with Gasteiger partial charge in [-0.05, 0) is 12.5 Å². The number of rotatable bonds is 7. The molecule has 17 heavy (non-hydrogen) atoms. The number of nitro groups is 1. The Morgan fingerprint density at radius 1 is 1.29 bits per heavy atom. The van der Waals surface area contributed by atoms with Crippen LogP contribution in [-0.4, -0.2) is 11.5 Å². The Labute approximate surface area is 101 Å². The van der Waals surface area contributed by atoms with Crippen molar-refractivity contribution in [2.75, 3.05) is 17.6 Å². The van der Waals surface area contributed by atoms with E-state index >= 15 is 0 Å². The first kappa shape index (κ1) is 13.3. The molecule has 0 spiro atoms. The van der Waals surface area contributed by atoms with Gasteiger partial charge >= 0.3 is 0 Å². The molecule has 0 radical (unpaired) electrons. The molecule has 0 unspecified atom stereocenters. The first-order chi connectivity index (χ1) is 8.13. The van der Waals surface area contributed by atoms with Gasteiger partial charge in [0.2, 0.25) is 0 Å². The molecule has 0 aliphatic rings. The Morgan fingerprint density at radius 2 is 2.06 bits per heavy atom. The van der Waals surface area contributed by atoms with Crippen LogP contribution in [0.5, 0.6) is 0 Å². The van der Waals surface area contributed by atoms with E-state index in [1.165, 1.54) is 31.4 Å². The van der Waals surface area contributed by atoms with Crippen LogP contribution in [0.1, 0.15) is 32.6 Å². The number of nitrogens with one attached hydrogen (secondary N) is 1. The van der Waals surface area contributed by atoms with Crippen molar-refractivity contribution < 1.29 is 4.92 Å². The molecule has 0 saturated heterocycles. The highest BCUT2D eigenvalue weighted by Gasteiger charge is 2.07. The molecule has 0 saturated carbocycles. The van der Waals surface area contributed by atoms with Crippen LogP contribution in [0.4, 0.5) is 17.1 Å². The Balaban J connectivity index is 2.50. The highest BCUT2D eigenvalue weighted by molar-refractivity contribution is 5.61. The van der Waals surface area contributed by atoms with Gasteiger partial charge in [-0.1, -0.05) is 26.2 Å². The lowest BCUT2D eigenvalue weighted by Gasteiger charge is -2.06. The van der Waals surface area contributed by atoms with Crippen molar-refractivity contribution in [3.05, 3.63) is 28.3 Å². The summed E-state index contributed by atoms with van der Waals surface area (Å²) in [6.45, 7) is 2.98. The van der Waals surface area contributed by atoms with Crippen LogP contribution < -0.4 is 11.1 Å². The van der Waals surface area contributed by atoms with Crippen LogP contribution >= 0.6 is 0 Å². The number of hydrogen-bond acceptors (Lipinski definition) is 4. The van der Waals surface area contributed by atoms with Crippen molar-refractivity contribution in [3.63, 3.8) is 0 Å². The molecule has 1 rings (SSSR count). The van der Waals surface area contributed by atoms with Gasteiger partial charge in [-0.25, -0.2) is 0 Å². The maximum atomic E-state index is 10.6. The molecule has 0 aromatic heterocycles. The molecule has 0 amide bonds. The van der Waals surface area contributed by atoms with Gasteiger partial charge in [0.1, 0.15) is 0 Å². The van der Waals surface area contributed by atoms with E-state index < -0.39 is 4.92 Å². The predicted molar refractivity (Wildman–Crippen MR) is 70.1 cm³/mol. The lowest BCUT2D eigenvalue weighted by molar-refractivity contribution is -0.384. The van der Waals surface area contributed by atoms with E-state index in [0.717, 1.165) is 13.0 Å². The van der Waals surface area contributed by atoms with Crippen molar-refractivity contribution in [3.8, 4) is 0 Å². The smallest absolute Gasteiger partial charge is 0.273 e. The highest BCUT2D eigenvalue weighted by atomic mass is 16.6. The van der Waals surface area contributed by atoms with Gasteiger partial charge < -0.3 is 11.1 Å². The molecule has 0 fully saturated rings. The van der Waals surface area contributed by atoms with Crippen LogP contribution in [0.2, 0.25) is 0 Å². The molecule has 0 atom stereocenters. The zero-order valence-corrected chi connectivity index (χ0v) is 10.1. The summed E-state index contributed by atoms with van der Waals surface area (Å²) in [7, 11) is 0. The first-order valence-corrected chi connectivity index (χ1v) is 5.92. The normalized spacial score (nSPS) is 10.2. The Morgan fingerprint density at radius 3 is 2.71 bits per heavy atom. The summed E-state index contributed by atoms with van der Waals surface area (Å²) >= 11 is 0. The molecule has 0 aliphatic carbocycles. The Kier molecular flexibility index (Phi) is 5.26. The quantitative estimate of drug-likeness (QED) is 0.330. The van der Waals surface area contributed by atoms with Crippen molar-refractivity contribution >= 4 is 17.1 Å². The van der Waals surface area contributed by atoms with Crippen molar-refractivity contribution in [1.29, 1.82) is 0 Å². The summed E-state index contributed by atoms with van der Waals surface area (Å²) in [6, 6.07) is 4.59. The van der Waals surface area contributed by atoms with Crippen LogP contribution in [0.25, 0.3) is 0 Å². The molecular weight excluding hydrogens is 218 g/mol. The number of nitrogens with zero attached hydrogens (tertiary/aromatic N) is 1. The van der Waals surface area contributed by atoms with E-state index in [0.29, 0.717) is 11.4 Å². The summed E-state index contributed by atoms with van der Waals surface area (Å²) < 4.78 is 0. The standard InChI is InChI=1S/C12H19N3O2/c1-2-3-4-5-6-14-11-7-10(13)8-12(9-11)15(16)17/h7-9,14H,2-6,13H2,1H3. The SMILES string of the molecule is CCCCCCNc1cc(N)cc([N+](=O)[O-])c1. The third-order valence-corrected chi connectivity index (χ3v) is 2.51. The highest BCUT2D eigenvalue weighted by Crippen LogP contribution is 2.22. The number of anilines is 2. The maximum absolute atomic E-state index is 10.6. The van der Waals surface area contributed by atoms with Crippen LogP contribution in [0.15, 0.2) is 18.2 Å². The molecular formula is C12H19N3O2. The molecule has 0 aliphatic heterocycles. The fraction of sp³-hybridized carbons (Fsp3) is 0.500. The molecule has 1 aromatic carbocycles. The maximum Gasteiger partial charge on any atom is 0.273 e.